The first kappa shape index (κ1) is 20.4. The van der Waals surface area contributed by atoms with Gasteiger partial charge in [-0.25, -0.2) is 4.79 Å². The molecule has 0 aromatic heterocycles. The molecule has 29 heavy (non-hydrogen) atoms. The van der Waals surface area contributed by atoms with Crippen LogP contribution in [0.1, 0.15) is 30.9 Å². The van der Waals surface area contributed by atoms with Gasteiger partial charge in [0.05, 0.1) is 0 Å². The van der Waals surface area contributed by atoms with Crippen LogP contribution in [0.25, 0.3) is 11.1 Å². The highest BCUT2D eigenvalue weighted by Crippen LogP contribution is 2.44. The SMILES string of the molecule is CN(CC(=O)O)C(=O)C(C)(C)NC(=O)OCC1c2ccccc2-c2ccccc21. The Labute approximate surface area is 169 Å². The highest BCUT2D eigenvalue weighted by molar-refractivity contribution is 5.91. The molecule has 3 rings (SSSR count). The Hall–Kier alpha value is -3.35. The highest BCUT2D eigenvalue weighted by atomic mass is 16.5. The van der Waals surface area contributed by atoms with Crippen molar-refractivity contribution in [3.8, 4) is 11.1 Å². The van der Waals surface area contributed by atoms with Gasteiger partial charge in [0.15, 0.2) is 0 Å². The van der Waals surface area contributed by atoms with Crippen molar-refractivity contribution in [1.82, 2.24) is 10.2 Å². The Morgan fingerprint density at radius 3 is 2.07 bits per heavy atom. The minimum Gasteiger partial charge on any atom is -0.480 e. The molecule has 2 aromatic rings. The number of hydrogen-bond donors (Lipinski definition) is 2. The summed E-state index contributed by atoms with van der Waals surface area (Å²) in [4.78, 5) is 36.6. The lowest BCUT2D eigenvalue weighted by Gasteiger charge is -2.29. The van der Waals surface area contributed by atoms with E-state index in [1.165, 1.54) is 20.9 Å². The molecule has 7 heteroatoms. The summed E-state index contributed by atoms with van der Waals surface area (Å²) in [5, 5.41) is 11.4. The van der Waals surface area contributed by atoms with Gasteiger partial charge >= 0.3 is 12.1 Å². The van der Waals surface area contributed by atoms with Crippen LogP contribution in [0.5, 0.6) is 0 Å². The fourth-order valence-corrected chi connectivity index (χ4v) is 3.69. The van der Waals surface area contributed by atoms with E-state index < -0.39 is 30.1 Å². The van der Waals surface area contributed by atoms with E-state index in [9.17, 15) is 14.4 Å². The minimum atomic E-state index is -1.30. The lowest BCUT2D eigenvalue weighted by molar-refractivity contribution is -0.145. The molecule has 0 heterocycles. The summed E-state index contributed by atoms with van der Waals surface area (Å²) in [6.07, 6.45) is -0.728. The topological polar surface area (TPSA) is 95.9 Å². The third-order valence-corrected chi connectivity index (χ3v) is 5.01. The second-order valence-electron chi connectivity index (χ2n) is 7.63. The predicted molar refractivity (Wildman–Crippen MR) is 108 cm³/mol. The van der Waals surface area contributed by atoms with Crippen molar-refractivity contribution in [2.45, 2.75) is 25.3 Å². The average Bonchev–Trinajstić information content (AvgIpc) is 2.99. The normalized spacial score (nSPS) is 12.7. The van der Waals surface area contributed by atoms with Gasteiger partial charge < -0.3 is 20.1 Å². The molecule has 7 nitrogen and oxygen atoms in total. The molecular weight excluding hydrogens is 372 g/mol. The first-order chi connectivity index (χ1) is 13.7. The van der Waals surface area contributed by atoms with E-state index in [-0.39, 0.29) is 12.5 Å². The number of carboxylic acid groups (broad SMARTS) is 1. The minimum absolute atomic E-state index is 0.0818. The number of ether oxygens (including phenoxy) is 1. The average molecular weight is 396 g/mol. The van der Waals surface area contributed by atoms with Gasteiger partial charge in [0.1, 0.15) is 18.7 Å². The lowest BCUT2D eigenvalue weighted by Crippen LogP contribution is -2.56. The van der Waals surface area contributed by atoms with E-state index in [2.05, 4.69) is 5.32 Å². The quantitative estimate of drug-likeness (QED) is 0.783. The molecular formula is C22H24N2O5. The third-order valence-electron chi connectivity index (χ3n) is 5.01. The van der Waals surface area contributed by atoms with Crippen LogP contribution in [-0.2, 0) is 14.3 Å². The Bertz CT molecular complexity index is 908. The van der Waals surface area contributed by atoms with E-state index in [1.807, 2.05) is 48.5 Å². The van der Waals surface area contributed by atoms with Gasteiger partial charge in [-0.1, -0.05) is 48.5 Å². The van der Waals surface area contributed by atoms with Crippen molar-refractivity contribution in [2.75, 3.05) is 20.2 Å². The summed E-state index contributed by atoms with van der Waals surface area (Å²) < 4.78 is 5.45. The number of nitrogens with zero attached hydrogens (tertiary/aromatic N) is 1. The zero-order chi connectivity index (χ0) is 21.2. The van der Waals surface area contributed by atoms with Crippen LogP contribution in [-0.4, -0.2) is 53.7 Å². The summed E-state index contributed by atoms with van der Waals surface area (Å²) in [5.41, 5.74) is 3.15. The summed E-state index contributed by atoms with van der Waals surface area (Å²) >= 11 is 0. The molecule has 0 unspecified atom stereocenters. The van der Waals surface area contributed by atoms with Gasteiger partial charge in [0.2, 0.25) is 5.91 Å². The zero-order valence-electron chi connectivity index (χ0n) is 16.6. The Morgan fingerprint density at radius 1 is 1.03 bits per heavy atom. The van der Waals surface area contributed by atoms with E-state index in [0.717, 1.165) is 27.2 Å². The van der Waals surface area contributed by atoms with E-state index in [0.29, 0.717) is 0 Å². The molecule has 0 aliphatic heterocycles. The first-order valence-corrected chi connectivity index (χ1v) is 9.31. The van der Waals surface area contributed by atoms with Crippen molar-refractivity contribution in [3.63, 3.8) is 0 Å². The highest BCUT2D eigenvalue weighted by Gasteiger charge is 2.34. The van der Waals surface area contributed by atoms with E-state index in [1.54, 1.807) is 0 Å². The first-order valence-electron chi connectivity index (χ1n) is 9.31. The van der Waals surface area contributed by atoms with Gasteiger partial charge in [0, 0.05) is 13.0 Å². The number of aliphatic carboxylic acids is 1. The van der Waals surface area contributed by atoms with Gasteiger partial charge in [-0.05, 0) is 36.1 Å². The third kappa shape index (κ3) is 4.23. The fraction of sp³-hybridized carbons (Fsp3) is 0.318. The van der Waals surface area contributed by atoms with Gasteiger partial charge in [0.25, 0.3) is 0 Å². The van der Waals surface area contributed by atoms with Crippen molar-refractivity contribution < 1.29 is 24.2 Å². The number of rotatable bonds is 6. The predicted octanol–water partition coefficient (Wildman–Crippen LogP) is 2.85. The van der Waals surface area contributed by atoms with Crippen molar-refractivity contribution in [3.05, 3.63) is 59.7 Å². The van der Waals surface area contributed by atoms with Gasteiger partial charge in [-0.15, -0.1) is 0 Å². The maximum absolute atomic E-state index is 12.4. The summed E-state index contributed by atoms with van der Waals surface area (Å²) in [5.74, 6) is -1.73. The number of benzene rings is 2. The van der Waals surface area contributed by atoms with Crippen molar-refractivity contribution >= 4 is 18.0 Å². The molecule has 0 saturated carbocycles. The summed E-state index contributed by atoms with van der Waals surface area (Å²) in [6.45, 7) is 2.70. The van der Waals surface area contributed by atoms with Crippen LogP contribution in [0, 0.1) is 0 Å². The molecule has 0 saturated heterocycles. The number of carboxylic acids is 1. The number of nitrogens with one attached hydrogen (secondary N) is 1. The van der Waals surface area contributed by atoms with Crippen LogP contribution >= 0.6 is 0 Å². The van der Waals surface area contributed by atoms with Crippen LogP contribution in [0.15, 0.2) is 48.5 Å². The molecule has 2 aromatic carbocycles. The number of amides is 2. The van der Waals surface area contributed by atoms with E-state index in [4.69, 9.17) is 9.84 Å². The van der Waals surface area contributed by atoms with Crippen molar-refractivity contribution in [2.24, 2.45) is 0 Å². The smallest absolute Gasteiger partial charge is 0.408 e. The van der Waals surface area contributed by atoms with Crippen LogP contribution in [0.2, 0.25) is 0 Å². The fourth-order valence-electron chi connectivity index (χ4n) is 3.69. The number of alkyl carbamates (subject to hydrolysis) is 1. The molecule has 0 spiro atoms. The van der Waals surface area contributed by atoms with E-state index >= 15 is 0 Å². The molecule has 1 aliphatic carbocycles. The molecule has 2 amide bonds. The number of carbonyl (C=O) groups is 3. The lowest BCUT2D eigenvalue weighted by atomic mass is 9.98. The van der Waals surface area contributed by atoms with Crippen LogP contribution < -0.4 is 5.32 Å². The van der Waals surface area contributed by atoms with Gasteiger partial charge in [-0.3, -0.25) is 9.59 Å². The summed E-state index contributed by atoms with van der Waals surface area (Å²) in [6, 6.07) is 16.0. The monoisotopic (exact) mass is 396 g/mol. The number of likely N-dealkylation sites (N-methyl/N-ethyl adjacent to an activating group) is 1. The maximum atomic E-state index is 12.4. The molecule has 0 atom stereocenters. The van der Waals surface area contributed by atoms with Gasteiger partial charge in [-0.2, -0.15) is 0 Å². The maximum Gasteiger partial charge on any atom is 0.408 e. The molecule has 0 fully saturated rings. The standard InChI is InChI=1S/C22H24N2O5/c1-22(2,20(27)24(3)12-19(25)26)23-21(28)29-13-18-16-10-6-4-8-14(16)15-9-5-7-11-17(15)18/h4-11,18H,12-13H2,1-3H3,(H,23,28)(H,25,26). The van der Waals surface area contributed by atoms with Crippen molar-refractivity contribution in [1.29, 1.82) is 0 Å². The molecule has 0 bridgehead atoms. The number of fused-ring (bicyclic) bond motifs is 3. The zero-order valence-corrected chi connectivity index (χ0v) is 16.6. The second-order valence-corrected chi connectivity index (χ2v) is 7.63. The Kier molecular flexibility index (Phi) is 5.59. The van der Waals surface area contributed by atoms with Crippen LogP contribution in [0.3, 0.4) is 0 Å². The number of carbonyl (C=O) groups excluding carboxylic acids is 2. The second kappa shape index (κ2) is 7.95. The Morgan fingerprint density at radius 2 is 1.55 bits per heavy atom. The molecule has 2 N–H and O–H groups in total. The Balaban J connectivity index is 1.67. The summed E-state index contributed by atoms with van der Waals surface area (Å²) in [7, 11) is 1.37. The number of hydrogen-bond acceptors (Lipinski definition) is 4. The largest absolute Gasteiger partial charge is 0.480 e. The molecule has 152 valence electrons. The van der Waals surface area contributed by atoms with Crippen LogP contribution in [0.4, 0.5) is 4.79 Å². The molecule has 0 radical (unpaired) electrons. The molecule has 1 aliphatic rings.